The maximum absolute atomic E-state index is 14.0. The number of rotatable bonds is 5. The van der Waals surface area contributed by atoms with Gasteiger partial charge in [-0.25, -0.2) is 8.78 Å². The number of ketones is 1. The van der Waals surface area contributed by atoms with Crippen LogP contribution in [0, 0.1) is 11.6 Å². The molecule has 0 aliphatic heterocycles. The van der Waals surface area contributed by atoms with Gasteiger partial charge in [-0.1, -0.05) is 24.6 Å². The van der Waals surface area contributed by atoms with Crippen LogP contribution in [-0.2, 0) is 4.79 Å². The van der Waals surface area contributed by atoms with Crippen molar-refractivity contribution in [3.63, 3.8) is 0 Å². The number of nitrogens with one attached hydrogen (secondary N) is 1. The first-order chi connectivity index (χ1) is 11.8. The van der Waals surface area contributed by atoms with Crippen LogP contribution in [0.5, 0.6) is 0 Å². The van der Waals surface area contributed by atoms with E-state index in [4.69, 9.17) is 17.3 Å². The lowest BCUT2D eigenvalue weighted by molar-refractivity contribution is -0.117. The fourth-order valence-corrected chi connectivity index (χ4v) is 2.71. The van der Waals surface area contributed by atoms with Crippen LogP contribution in [-0.4, -0.2) is 17.7 Å². The Bertz CT molecular complexity index is 825. The molecule has 2 aromatic carbocycles. The van der Waals surface area contributed by atoms with Crippen molar-refractivity contribution in [3.8, 4) is 0 Å². The molecule has 0 aliphatic rings. The summed E-state index contributed by atoms with van der Waals surface area (Å²) in [6.07, 6.45) is 0.376. The molecule has 0 radical (unpaired) electrons. The second kappa shape index (κ2) is 8.03. The molecule has 2 rings (SSSR count). The Hall–Kier alpha value is -1.83. The van der Waals surface area contributed by atoms with Crippen molar-refractivity contribution in [1.29, 1.82) is 0 Å². The predicted molar refractivity (Wildman–Crippen MR) is 95.8 cm³/mol. The van der Waals surface area contributed by atoms with Crippen molar-refractivity contribution in [2.45, 2.75) is 19.4 Å². The van der Waals surface area contributed by atoms with Crippen LogP contribution in [0.25, 0.3) is 0 Å². The van der Waals surface area contributed by atoms with Crippen molar-refractivity contribution in [2.24, 2.45) is 5.73 Å². The molecule has 132 valence electrons. The molecule has 2 aromatic rings. The highest BCUT2D eigenvalue weighted by molar-refractivity contribution is 9.10. The summed E-state index contributed by atoms with van der Waals surface area (Å²) in [4.78, 5) is 24.8. The van der Waals surface area contributed by atoms with Gasteiger partial charge in [0, 0.05) is 4.47 Å². The number of hydrogen-bond donors (Lipinski definition) is 2. The summed E-state index contributed by atoms with van der Waals surface area (Å²) >= 11 is 9.31. The summed E-state index contributed by atoms with van der Waals surface area (Å²) < 4.78 is 28.3. The van der Waals surface area contributed by atoms with Crippen LogP contribution < -0.4 is 11.1 Å². The van der Waals surface area contributed by atoms with Gasteiger partial charge in [-0.3, -0.25) is 9.59 Å². The smallest absolute Gasteiger partial charge is 0.241 e. The molecule has 0 saturated heterocycles. The van der Waals surface area contributed by atoms with Gasteiger partial charge in [-0.15, -0.1) is 0 Å². The molecule has 0 fully saturated rings. The number of anilines is 1. The molecule has 0 spiro atoms. The van der Waals surface area contributed by atoms with Crippen molar-refractivity contribution in [2.75, 3.05) is 5.32 Å². The highest BCUT2D eigenvalue weighted by atomic mass is 79.9. The molecule has 0 aromatic heterocycles. The van der Waals surface area contributed by atoms with E-state index in [0.29, 0.717) is 10.9 Å². The van der Waals surface area contributed by atoms with Crippen molar-refractivity contribution in [1.82, 2.24) is 0 Å². The van der Waals surface area contributed by atoms with Crippen LogP contribution in [0.1, 0.15) is 29.3 Å². The normalized spacial score (nSPS) is 11.9. The summed E-state index contributed by atoms with van der Waals surface area (Å²) in [6.45, 7) is 1.72. The minimum atomic E-state index is -1.02. The molecule has 1 atom stereocenters. The Labute approximate surface area is 156 Å². The van der Waals surface area contributed by atoms with Crippen LogP contribution in [0.3, 0.4) is 0 Å². The summed E-state index contributed by atoms with van der Waals surface area (Å²) in [7, 11) is 0. The number of amides is 1. The quantitative estimate of drug-likeness (QED) is 0.694. The van der Waals surface area contributed by atoms with Gasteiger partial charge in [0.05, 0.1) is 27.9 Å². The lowest BCUT2D eigenvalue weighted by Gasteiger charge is -2.16. The molecule has 1 unspecified atom stereocenters. The van der Waals surface area contributed by atoms with E-state index in [-0.39, 0.29) is 16.3 Å². The molecule has 0 bridgehead atoms. The lowest BCUT2D eigenvalue weighted by atomic mass is 10.00. The van der Waals surface area contributed by atoms with Gasteiger partial charge in [0.1, 0.15) is 11.6 Å². The third kappa shape index (κ3) is 4.05. The molecule has 0 heterocycles. The third-order valence-corrected chi connectivity index (χ3v) is 4.83. The lowest BCUT2D eigenvalue weighted by Crippen LogP contribution is -2.35. The van der Waals surface area contributed by atoms with Gasteiger partial charge >= 0.3 is 0 Å². The van der Waals surface area contributed by atoms with Crippen LogP contribution in [0.15, 0.2) is 34.8 Å². The minimum absolute atomic E-state index is 0.0229. The summed E-state index contributed by atoms with van der Waals surface area (Å²) in [6, 6.07) is 5.19. The molecule has 0 aliphatic carbocycles. The first-order valence-corrected chi connectivity index (χ1v) is 8.48. The van der Waals surface area contributed by atoms with Crippen molar-refractivity contribution < 1.29 is 18.4 Å². The minimum Gasteiger partial charge on any atom is -0.324 e. The van der Waals surface area contributed by atoms with Crippen LogP contribution in [0.2, 0.25) is 5.02 Å². The number of benzene rings is 2. The van der Waals surface area contributed by atoms with Gasteiger partial charge in [0.25, 0.3) is 0 Å². The second-order valence-electron chi connectivity index (χ2n) is 5.21. The first-order valence-electron chi connectivity index (χ1n) is 7.31. The Morgan fingerprint density at radius 1 is 1.20 bits per heavy atom. The van der Waals surface area contributed by atoms with Gasteiger partial charge in [0.15, 0.2) is 0 Å². The SMILES string of the molecule is CCC(N)C(=O)Nc1ccc(Br)c(Cl)c1C(=O)c1c(F)cccc1F. The summed E-state index contributed by atoms with van der Waals surface area (Å²) in [5.74, 6) is -3.57. The summed E-state index contributed by atoms with van der Waals surface area (Å²) in [5.41, 5.74) is 4.70. The van der Waals surface area contributed by atoms with Gasteiger partial charge < -0.3 is 11.1 Å². The zero-order valence-electron chi connectivity index (χ0n) is 13.1. The van der Waals surface area contributed by atoms with E-state index in [2.05, 4.69) is 21.2 Å². The van der Waals surface area contributed by atoms with Gasteiger partial charge in [-0.2, -0.15) is 0 Å². The number of carbonyl (C=O) groups excluding carboxylic acids is 2. The summed E-state index contributed by atoms with van der Waals surface area (Å²) in [5, 5.41) is 2.41. The Morgan fingerprint density at radius 2 is 1.80 bits per heavy atom. The maximum atomic E-state index is 14.0. The van der Waals surface area contributed by atoms with E-state index in [1.54, 1.807) is 6.92 Å². The number of hydrogen-bond acceptors (Lipinski definition) is 3. The third-order valence-electron chi connectivity index (χ3n) is 3.55. The van der Waals surface area contributed by atoms with E-state index >= 15 is 0 Å². The van der Waals surface area contributed by atoms with Crippen molar-refractivity contribution in [3.05, 3.63) is 62.6 Å². The van der Waals surface area contributed by atoms with Gasteiger partial charge in [-0.05, 0) is 46.6 Å². The number of nitrogens with two attached hydrogens (primary N) is 1. The molecule has 4 nitrogen and oxygen atoms in total. The first kappa shape index (κ1) is 19.5. The monoisotopic (exact) mass is 430 g/mol. The highest BCUT2D eigenvalue weighted by Gasteiger charge is 2.26. The molecule has 3 N–H and O–H groups in total. The average Bonchev–Trinajstić information content (AvgIpc) is 2.57. The zero-order valence-corrected chi connectivity index (χ0v) is 15.4. The Kier molecular flexibility index (Phi) is 6.26. The molecular weight excluding hydrogens is 418 g/mol. The van der Waals surface area contributed by atoms with Crippen molar-refractivity contribution >= 4 is 44.9 Å². The largest absolute Gasteiger partial charge is 0.324 e. The van der Waals surface area contributed by atoms with Crippen LogP contribution >= 0.6 is 27.5 Å². The number of carbonyl (C=O) groups is 2. The van der Waals surface area contributed by atoms with E-state index in [1.807, 2.05) is 0 Å². The van der Waals surface area contributed by atoms with Gasteiger partial charge in [0.2, 0.25) is 11.7 Å². The molecule has 8 heteroatoms. The second-order valence-corrected chi connectivity index (χ2v) is 6.45. The Balaban J connectivity index is 2.58. The van der Waals surface area contributed by atoms with E-state index in [9.17, 15) is 18.4 Å². The highest BCUT2D eigenvalue weighted by Crippen LogP contribution is 2.34. The number of halogens is 4. The zero-order chi connectivity index (χ0) is 18.7. The maximum Gasteiger partial charge on any atom is 0.241 e. The van der Waals surface area contributed by atoms with E-state index in [1.165, 1.54) is 12.1 Å². The molecular formula is C17H14BrClF2N2O2. The fourth-order valence-electron chi connectivity index (χ4n) is 2.13. The van der Waals surface area contributed by atoms with E-state index in [0.717, 1.165) is 18.2 Å². The molecule has 1 amide bonds. The molecule has 25 heavy (non-hydrogen) atoms. The standard InChI is InChI=1S/C17H14BrClF2N2O2/c1-2-11(22)17(25)23-12-7-6-8(18)15(19)14(12)16(24)13-9(20)4-3-5-10(13)21/h3-7,11H,2,22H2,1H3,(H,23,25). The van der Waals surface area contributed by atoms with Crippen LogP contribution in [0.4, 0.5) is 14.5 Å². The van der Waals surface area contributed by atoms with E-state index < -0.39 is 34.9 Å². The predicted octanol–water partition coefficient (Wildman–Crippen LogP) is 4.29. The average molecular weight is 432 g/mol. The molecule has 0 saturated carbocycles. The Morgan fingerprint density at radius 3 is 2.36 bits per heavy atom. The fraction of sp³-hybridized carbons (Fsp3) is 0.176. The topological polar surface area (TPSA) is 72.2 Å².